The van der Waals surface area contributed by atoms with Crippen LogP contribution in [-0.2, 0) is 16.0 Å². The molecule has 10 heteroatoms. The Labute approximate surface area is 254 Å². The molecule has 6 rings (SSSR count). The van der Waals surface area contributed by atoms with Crippen molar-refractivity contribution < 1.29 is 18.7 Å². The van der Waals surface area contributed by atoms with Gasteiger partial charge in [0.15, 0.2) is 5.82 Å². The minimum Gasteiger partial charge on any atom is -0.378 e. The molecule has 0 atom stereocenters. The summed E-state index contributed by atoms with van der Waals surface area (Å²) in [6.07, 6.45) is 2.00. The minimum absolute atomic E-state index is 0.0208. The predicted molar refractivity (Wildman–Crippen MR) is 169 cm³/mol. The molecular formula is C34H31FN6O3. The molecule has 0 spiro atoms. The van der Waals surface area contributed by atoms with Crippen molar-refractivity contribution in [1.29, 1.82) is 0 Å². The van der Waals surface area contributed by atoms with Crippen LogP contribution in [0.25, 0.3) is 33.4 Å². The number of rotatable bonds is 7. The Balaban J connectivity index is 1.25. The standard InChI is InChI=1S/C34H31FN6O3/c1-21-3-5-26(20-36-21)25-8-11-28-31(19-25)38-32(40-33(28)41-13-15-44-16-14-41)24-6-9-27(10-7-24)37-34(43)39-30-12-4-23(17-22(2)42)18-29(30)35/h3-12,18-20H,13-17H2,1-2H3,(H2,37,39,43). The van der Waals surface area contributed by atoms with Gasteiger partial charge in [-0.05, 0) is 79.6 Å². The molecule has 2 aromatic heterocycles. The average Bonchev–Trinajstić information content (AvgIpc) is 3.02. The van der Waals surface area contributed by atoms with Gasteiger partial charge in [-0.15, -0.1) is 0 Å². The van der Waals surface area contributed by atoms with Gasteiger partial charge in [-0.3, -0.25) is 9.78 Å². The van der Waals surface area contributed by atoms with E-state index in [0.717, 1.165) is 52.2 Å². The number of morpholine rings is 1. The number of carbonyl (C=O) groups is 2. The smallest absolute Gasteiger partial charge is 0.323 e. The quantitative estimate of drug-likeness (QED) is 0.225. The summed E-state index contributed by atoms with van der Waals surface area (Å²) in [5.74, 6) is 0.726. The number of aromatic nitrogens is 3. The molecule has 2 N–H and O–H groups in total. The average molecular weight is 591 g/mol. The first-order valence-corrected chi connectivity index (χ1v) is 14.4. The maximum atomic E-state index is 14.5. The number of carbonyl (C=O) groups excluding carboxylic acids is 2. The first kappa shape index (κ1) is 28.9. The zero-order chi connectivity index (χ0) is 30.6. The number of ether oxygens (including phenoxy) is 1. The topological polar surface area (TPSA) is 109 Å². The van der Waals surface area contributed by atoms with Crippen LogP contribution < -0.4 is 15.5 Å². The van der Waals surface area contributed by atoms with Crippen LogP contribution in [-0.4, -0.2) is 53.1 Å². The number of aryl methyl sites for hydroxylation is 1. The second kappa shape index (κ2) is 12.6. The minimum atomic E-state index is -0.611. The van der Waals surface area contributed by atoms with Gasteiger partial charge in [0.05, 0.1) is 24.4 Å². The van der Waals surface area contributed by atoms with Crippen LogP contribution in [0.2, 0.25) is 0 Å². The van der Waals surface area contributed by atoms with Crippen LogP contribution in [0.5, 0.6) is 0 Å². The molecule has 1 saturated heterocycles. The molecular weight excluding hydrogens is 559 g/mol. The molecule has 1 aliphatic heterocycles. The van der Waals surface area contributed by atoms with Crippen molar-refractivity contribution in [3.8, 4) is 22.5 Å². The summed E-state index contributed by atoms with van der Waals surface area (Å²) in [7, 11) is 0. The number of halogens is 1. The third-order valence-corrected chi connectivity index (χ3v) is 7.37. The van der Waals surface area contributed by atoms with Crippen LogP contribution in [0.1, 0.15) is 18.2 Å². The van der Waals surface area contributed by atoms with Gasteiger partial charge < -0.3 is 20.3 Å². The summed E-state index contributed by atoms with van der Waals surface area (Å²) in [6, 6.07) is 21.1. The van der Waals surface area contributed by atoms with Crippen LogP contribution in [0.15, 0.2) is 79.0 Å². The number of nitrogens with one attached hydrogen (secondary N) is 2. The Kier molecular flexibility index (Phi) is 8.25. The SMILES string of the molecule is CC(=O)Cc1ccc(NC(=O)Nc2ccc(-c3nc(N4CCOCC4)c4ccc(-c5ccc(C)nc5)cc4n3)cc2)c(F)c1. The molecule has 0 saturated carbocycles. The van der Waals surface area contributed by atoms with Crippen LogP contribution in [0.3, 0.4) is 0 Å². The molecule has 5 aromatic rings. The number of Topliss-reactive ketones (excluding diaryl/α,β-unsaturated/α-hetero) is 1. The maximum Gasteiger partial charge on any atom is 0.323 e. The van der Waals surface area contributed by atoms with Gasteiger partial charge >= 0.3 is 6.03 Å². The van der Waals surface area contributed by atoms with Gasteiger partial charge in [0.25, 0.3) is 0 Å². The van der Waals surface area contributed by atoms with Gasteiger partial charge in [-0.2, -0.15) is 0 Å². The van der Waals surface area contributed by atoms with Crippen LogP contribution in [0, 0.1) is 12.7 Å². The predicted octanol–water partition coefficient (Wildman–Crippen LogP) is 6.42. The second-order valence-electron chi connectivity index (χ2n) is 10.7. The monoisotopic (exact) mass is 590 g/mol. The van der Waals surface area contributed by atoms with Gasteiger partial charge in [0.1, 0.15) is 17.4 Å². The van der Waals surface area contributed by atoms with Crippen molar-refractivity contribution in [3.63, 3.8) is 0 Å². The molecule has 1 aliphatic rings. The highest BCUT2D eigenvalue weighted by Gasteiger charge is 2.19. The lowest BCUT2D eigenvalue weighted by Crippen LogP contribution is -2.37. The second-order valence-corrected chi connectivity index (χ2v) is 10.7. The van der Waals surface area contributed by atoms with Crippen molar-refractivity contribution in [2.75, 3.05) is 41.8 Å². The molecule has 3 heterocycles. The van der Waals surface area contributed by atoms with E-state index < -0.39 is 11.8 Å². The number of benzene rings is 3. The summed E-state index contributed by atoms with van der Waals surface area (Å²) in [5, 5.41) is 6.20. The summed E-state index contributed by atoms with van der Waals surface area (Å²) in [4.78, 5) is 40.5. The van der Waals surface area contributed by atoms with Gasteiger partial charge in [-0.25, -0.2) is 19.2 Å². The largest absolute Gasteiger partial charge is 0.378 e. The molecule has 9 nitrogen and oxygen atoms in total. The number of hydrogen-bond acceptors (Lipinski definition) is 7. The number of hydrogen-bond donors (Lipinski definition) is 2. The highest BCUT2D eigenvalue weighted by atomic mass is 19.1. The Morgan fingerprint density at radius 2 is 1.64 bits per heavy atom. The lowest BCUT2D eigenvalue weighted by molar-refractivity contribution is -0.116. The Bertz CT molecular complexity index is 1840. The highest BCUT2D eigenvalue weighted by molar-refractivity contribution is 6.00. The van der Waals surface area contributed by atoms with E-state index in [1.54, 1.807) is 18.2 Å². The molecule has 44 heavy (non-hydrogen) atoms. The third kappa shape index (κ3) is 6.55. The van der Waals surface area contributed by atoms with Gasteiger partial charge in [-0.1, -0.05) is 18.2 Å². The van der Waals surface area contributed by atoms with E-state index in [2.05, 4.69) is 38.7 Å². The number of anilines is 3. The van der Waals surface area contributed by atoms with Crippen molar-refractivity contribution in [2.24, 2.45) is 0 Å². The first-order chi connectivity index (χ1) is 21.3. The first-order valence-electron chi connectivity index (χ1n) is 14.4. The number of fused-ring (bicyclic) bond motifs is 1. The summed E-state index contributed by atoms with van der Waals surface area (Å²) in [6.45, 7) is 6.12. The van der Waals surface area contributed by atoms with Crippen LogP contribution in [0.4, 0.5) is 26.4 Å². The van der Waals surface area contributed by atoms with E-state index in [9.17, 15) is 14.0 Å². The van der Waals surface area contributed by atoms with E-state index in [1.807, 2.05) is 37.4 Å². The Morgan fingerprint density at radius 3 is 2.34 bits per heavy atom. The number of urea groups is 1. The third-order valence-electron chi connectivity index (χ3n) is 7.37. The van der Waals surface area contributed by atoms with Crippen molar-refractivity contribution in [3.05, 3.63) is 96.1 Å². The van der Waals surface area contributed by atoms with E-state index in [4.69, 9.17) is 14.7 Å². The molecule has 0 bridgehead atoms. The fraction of sp³-hybridized carbons (Fsp3) is 0.206. The molecule has 3 aromatic carbocycles. The highest BCUT2D eigenvalue weighted by Crippen LogP contribution is 2.32. The number of pyridine rings is 1. The number of nitrogens with zero attached hydrogens (tertiary/aromatic N) is 4. The molecule has 0 unspecified atom stereocenters. The summed E-state index contributed by atoms with van der Waals surface area (Å²) in [5.41, 5.74) is 5.65. The van der Waals surface area contributed by atoms with Crippen molar-refractivity contribution in [2.45, 2.75) is 20.3 Å². The zero-order valence-electron chi connectivity index (χ0n) is 24.4. The van der Waals surface area contributed by atoms with E-state index in [1.165, 1.54) is 19.1 Å². The molecule has 2 amide bonds. The van der Waals surface area contributed by atoms with Gasteiger partial charge in [0.2, 0.25) is 0 Å². The molecule has 0 radical (unpaired) electrons. The number of amides is 2. The normalized spacial score (nSPS) is 13.1. The summed E-state index contributed by atoms with van der Waals surface area (Å²) < 4.78 is 20.1. The van der Waals surface area contributed by atoms with Crippen molar-refractivity contribution >= 4 is 39.9 Å². The molecule has 0 aliphatic carbocycles. The van der Waals surface area contributed by atoms with E-state index >= 15 is 0 Å². The van der Waals surface area contributed by atoms with E-state index in [0.29, 0.717) is 30.3 Å². The fourth-order valence-corrected chi connectivity index (χ4v) is 5.12. The summed E-state index contributed by atoms with van der Waals surface area (Å²) >= 11 is 0. The van der Waals surface area contributed by atoms with Crippen molar-refractivity contribution in [1.82, 2.24) is 15.0 Å². The fourth-order valence-electron chi connectivity index (χ4n) is 5.12. The lowest BCUT2D eigenvalue weighted by Gasteiger charge is -2.29. The lowest BCUT2D eigenvalue weighted by atomic mass is 10.0. The van der Waals surface area contributed by atoms with Gasteiger partial charge in [0, 0.05) is 53.6 Å². The van der Waals surface area contributed by atoms with E-state index in [-0.39, 0.29) is 17.9 Å². The maximum absolute atomic E-state index is 14.5. The Hall–Kier alpha value is -5.22. The zero-order valence-corrected chi connectivity index (χ0v) is 24.4. The molecule has 1 fully saturated rings. The van der Waals surface area contributed by atoms with Crippen LogP contribution >= 0.6 is 0 Å². The molecule has 222 valence electrons. The number of ketones is 1. The Morgan fingerprint density at radius 1 is 0.886 bits per heavy atom.